The van der Waals surface area contributed by atoms with Crippen LogP contribution in [0.5, 0.6) is 0 Å². The van der Waals surface area contributed by atoms with Gasteiger partial charge in [-0.1, -0.05) is 24.3 Å². The molecule has 0 spiro atoms. The lowest BCUT2D eigenvalue weighted by Crippen LogP contribution is -2.03. The van der Waals surface area contributed by atoms with E-state index in [0.29, 0.717) is 18.3 Å². The Bertz CT molecular complexity index is 387. The van der Waals surface area contributed by atoms with Crippen molar-refractivity contribution < 1.29 is 9.72 Å². The lowest BCUT2D eigenvalue weighted by atomic mass is 9.96. The molecule has 0 aliphatic heterocycles. The molecular weight excluding hydrogens is 194 g/mol. The molecule has 1 aromatic carbocycles. The van der Waals surface area contributed by atoms with E-state index >= 15 is 0 Å². The topological polar surface area (TPSA) is 60.2 Å². The number of para-hydroxylation sites is 1. The van der Waals surface area contributed by atoms with Gasteiger partial charge in [0.1, 0.15) is 6.29 Å². The van der Waals surface area contributed by atoms with Crippen molar-refractivity contribution in [3.63, 3.8) is 0 Å². The summed E-state index contributed by atoms with van der Waals surface area (Å²) in [6.07, 6.45) is 2.70. The number of rotatable bonds is 5. The maximum absolute atomic E-state index is 10.8. The van der Waals surface area contributed by atoms with Gasteiger partial charge in [-0.3, -0.25) is 10.1 Å². The lowest BCUT2D eigenvalue weighted by Gasteiger charge is -2.07. The molecule has 0 saturated carbocycles. The highest BCUT2D eigenvalue weighted by Crippen LogP contribution is 2.27. The van der Waals surface area contributed by atoms with Gasteiger partial charge in [-0.25, -0.2) is 0 Å². The van der Waals surface area contributed by atoms with Gasteiger partial charge >= 0.3 is 0 Å². The van der Waals surface area contributed by atoms with Crippen LogP contribution in [-0.2, 0) is 4.79 Å². The van der Waals surface area contributed by atoms with Crippen molar-refractivity contribution >= 4 is 12.0 Å². The van der Waals surface area contributed by atoms with Crippen LogP contribution in [0.2, 0.25) is 0 Å². The van der Waals surface area contributed by atoms with Gasteiger partial charge in [0.2, 0.25) is 0 Å². The van der Waals surface area contributed by atoms with Gasteiger partial charge in [0.05, 0.1) is 4.92 Å². The van der Waals surface area contributed by atoms with Crippen LogP contribution in [0.15, 0.2) is 36.9 Å². The zero-order valence-corrected chi connectivity index (χ0v) is 8.13. The average molecular weight is 205 g/mol. The van der Waals surface area contributed by atoms with E-state index in [2.05, 4.69) is 6.58 Å². The molecule has 0 aromatic heterocycles. The normalized spacial score (nSPS) is 11.7. The minimum absolute atomic E-state index is 0.0172. The SMILES string of the molecule is C=CCC(C=O)c1ccccc1[N+](=O)[O-]. The van der Waals surface area contributed by atoms with Crippen LogP contribution in [0.1, 0.15) is 17.9 Å². The number of nitrogens with zero attached hydrogens (tertiary/aromatic N) is 1. The van der Waals surface area contributed by atoms with Crippen LogP contribution >= 0.6 is 0 Å². The summed E-state index contributed by atoms with van der Waals surface area (Å²) >= 11 is 0. The van der Waals surface area contributed by atoms with Crippen LogP contribution in [0.4, 0.5) is 5.69 Å². The zero-order chi connectivity index (χ0) is 11.3. The molecule has 0 fully saturated rings. The van der Waals surface area contributed by atoms with Crippen molar-refractivity contribution in [1.82, 2.24) is 0 Å². The first-order valence-electron chi connectivity index (χ1n) is 4.50. The molecule has 0 aliphatic carbocycles. The summed E-state index contributed by atoms with van der Waals surface area (Å²) in [6.45, 7) is 3.52. The Labute approximate surface area is 87.4 Å². The molecule has 78 valence electrons. The standard InChI is InChI=1S/C11H11NO3/c1-2-5-9(8-13)10-6-3-4-7-11(10)12(14)15/h2-4,6-9H,1,5H2. The number of carbonyl (C=O) groups is 1. The maximum Gasteiger partial charge on any atom is 0.273 e. The smallest absolute Gasteiger partial charge is 0.273 e. The van der Waals surface area contributed by atoms with Crippen LogP contribution in [0, 0.1) is 10.1 Å². The molecule has 0 amide bonds. The Hall–Kier alpha value is -1.97. The van der Waals surface area contributed by atoms with E-state index in [1.165, 1.54) is 6.07 Å². The fourth-order valence-electron chi connectivity index (χ4n) is 1.40. The molecular formula is C11H11NO3. The number of carbonyl (C=O) groups excluding carboxylic acids is 1. The summed E-state index contributed by atoms with van der Waals surface area (Å²) in [5, 5.41) is 10.7. The second-order valence-corrected chi connectivity index (χ2v) is 3.08. The quantitative estimate of drug-likeness (QED) is 0.321. The Morgan fingerprint density at radius 1 is 1.47 bits per heavy atom. The Morgan fingerprint density at radius 3 is 2.67 bits per heavy atom. The van der Waals surface area contributed by atoms with Gasteiger partial charge in [-0.05, 0) is 6.42 Å². The van der Waals surface area contributed by atoms with Crippen molar-refractivity contribution in [2.75, 3.05) is 0 Å². The molecule has 4 heteroatoms. The monoisotopic (exact) mass is 205 g/mol. The number of aldehydes is 1. The molecule has 0 N–H and O–H groups in total. The summed E-state index contributed by atoms with van der Waals surface area (Å²) in [6, 6.07) is 6.26. The largest absolute Gasteiger partial charge is 0.303 e. The zero-order valence-electron chi connectivity index (χ0n) is 8.13. The first kappa shape index (κ1) is 11.1. The van der Waals surface area contributed by atoms with Crippen molar-refractivity contribution in [3.05, 3.63) is 52.6 Å². The van der Waals surface area contributed by atoms with Crippen LogP contribution in [-0.4, -0.2) is 11.2 Å². The van der Waals surface area contributed by atoms with Gasteiger partial charge < -0.3 is 4.79 Å². The third kappa shape index (κ3) is 2.49. The van der Waals surface area contributed by atoms with Crippen LogP contribution in [0.3, 0.4) is 0 Å². The number of hydrogen-bond donors (Lipinski definition) is 0. The second-order valence-electron chi connectivity index (χ2n) is 3.08. The van der Waals surface area contributed by atoms with E-state index < -0.39 is 10.8 Å². The van der Waals surface area contributed by atoms with E-state index in [-0.39, 0.29) is 5.69 Å². The number of allylic oxidation sites excluding steroid dienone is 1. The molecule has 1 aromatic rings. The molecule has 0 heterocycles. The van der Waals surface area contributed by atoms with Gasteiger partial charge in [0.25, 0.3) is 5.69 Å². The second kappa shape index (κ2) is 5.05. The molecule has 15 heavy (non-hydrogen) atoms. The maximum atomic E-state index is 10.8. The first-order valence-corrected chi connectivity index (χ1v) is 4.50. The number of benzene rings is 1. The van der Waals surface area contributed by atoms with Gasteiger partial charge in [-0.2, -0.15) is 0 Å². The molecule has 1 atom stereocenters. The number of nitro groups is 1. The summed E-state index contributed by atoms with van der Waals surface area (Å²) in [7, 11) is 0. The van der Waals surface area contributed by atoms with Crippen molar-refractivity contribution in [2.45, 2.75) is 12.3 Å². The predicted molar refractivity (Wildman–Crippen MR) is 56.7 cm³/mol. The molecule has 0 aliphatic rings. The summed E-state index contributed by atoms with van der Waals surface area (Å²) in [4.78, 5) is 21.0. The van der Waals surface area contributed by atoms with Crippen molar-refractivity contribution in [2.24, 2.45) is 0 Å². The first-order chi connectivity index (χ1) is 7.20. The van der Waals surface area contributed by atoms with E-state index in [1.807, 2.05) is 0 Å². The van der Waals surface area contributed by atoms with Gasteiger partial charge in [0.15, 0.2) is 0 Å². The highest BCUT2D eigenvalue weighted by atomic mass is 16.6. The summed E-state index contributed by atoms with van der Waals surface area (Å²) < 4.78 is 0. The van der Waals surface area contributed by atoms with E-state index in [0.717, 1.165) is 0 Å². The van der Waals surface area contributed by atoms with Crippen LogP contribution in [0.25, 0.3) is 0 Å². The highest BCUT2D eigenvalue weighted by molar-refractivity contribution is 5.66. The van der Waals surface area contributed by atoms with Gasteiger partial charge in [-0.15, -0.1) is 6.58 Å². The number of hydrogen-bond acceptors (Lipinski definition) is 3. The van der Waals surface area contributed by atoms with Crippen molar-refractivity contribution in [1.29, 1.82) is 0 Å². The average Bonchev–Trinajstić information content (AvgIpc) is 2.26. The van der Waals surface area contributed by atoms with E-state index in [1.54, 1.807) is 24.3 Å². The van der Waals surface area contributed by atoms with Crippen molar-refractivity contribution in [3.8, 4) is 0 Å². The fourth-order valence-corrected chi connectivity index (χ4v) is 1.40. The molecule has 0 bridgehead atoms. The van der Waals surface area contributed by atoms with E-state index in [4.69, 9.17) is 0 Å². The highest BCUT2D eigenvalue weighted by Gasteiger charge is 2.19. The molecule has 0 saturated heterocycles. The third-order valence-corrected chi connectivity index (χ3v) is 2.12. The Morgan fingerprint density at radius 2 is 2.13 bits per heavy atom. The molecule has 0 radical (unpaired) electrons. The minimum Gasteiger partial charge on any atom is -0.303 e. The minimum atomic E-state index is -0.482. The fraction of sp³-hybridized carbons (Fsp3) is 0.182. The van der Waals surface area contributed by atoms with Crippen LogP contribution < -0.4 is 0 Å². The summed E-state index contributed by atoms with van der Waals surface area (Å²) in [5.74, 6) is -0.482. The Kier molecular flexibility index (Phi) is 3.74. The molecule has 1 rings (SSSR count). The molecule has 1 unspecified atom stereocenters. The van der Waals surface area contributed by atoms with Gasteiger partial charge in [0, 0.05) is 17.5 Å². The molecule has 4 nitrogen and oxygen atoms in total. The summed E-state index contributed by atoms with van der Waals surface area (Å²) in [5.41, 5.74) is 0.425. The number of nitro benzene ring substituents is 1. The predicted octanol–water partition coefficient (Wildman–Crippen LogP) is 2.45. The Balaban J connectivity index is 3.15. The third-order valence-electron chi connectivity index (χ3n) is 2.12. The van der Waals surface area contributed by atoms with E-state index in [9.17, 15) is 14.9 Å². The lowest BCUT2D eigenvalue weighted by molar-refractivity contribution is -0.385.